The van der Waals surface area contributed by atoms with E-state index in [2.05, 4.69) is 43.2 Å². The van der Waals surface area contributed by atoms with Gasteiger partial charge in [0.25, 0.3) is 0 Å². The molecule has 1 unspecified atom stereocenters. The first-order chi connectivity index (χ1) is 7.65. The molecular formula is C13H18N2O. The monoisotopic (exact) mass is 218 g/mol. The fourth-order valence-electron chi connectivity index (χ4n) is 2.05. The lowest BCUT2D eigenvalue weighted by Gasteiger charge is -2.07. The van der Waals surface area contributed by atoms with E-state index >= 15 is 0 Å². The fourth-order valence-corrected chi connectivity index (χ4v) is 2.05. The minimum atomic E-state index is 0.201. The number of nitrogens with zero attached hydrogens (tertiary/aromatic N) is 1. The molecule has 0 amide bonds. The maximum absolute atomic E-state index is 5.82. The third-order valence-electron chi connectivity index (χ3n) is 2.89. The lowest BCUT2D eigenvalue weighted by atomic mass is 10.1. The van der Waals surface area contributed by atoms with E-state index in [9.17, 15) is 0 Å². The van der Waals surface area contributed by atoms with Gasteiger partial charge < -0.3 is 9.73 Å². The molecule has 2 rings (SSSR count). The number of oxazole rings is 1. The highest BCUT2D eigenvalue weighted by Crippen LogP contribution is 2.25. The van der Waals surface area contributed by atoms with Gasteiger partial charge in [0.1, 0.15) is 5.52 Å². The molecule has 86 valence electrons. The Morgan fingerprint density at radius 3 is 2.75 bits per heavy atom. The van der Waals surface area contributed by atoms with Crippen LogP contribution in [-0.2, 0) is 0 Å². The largest absolute Gasteiger partial charge is 0.439 e. The Morgan fingerprint density at radius 2 is 2.12 bits per heavy atom. The van der Waals surface area contributed by atoms with Crippen LogP contribution in [0.4, 0.5) is 0 Å². The van der Waals surface area contributed by atoms with E-state index in [-0.39, 0.29) is 6.04 Å². The lowest BCUT2D eigenvalue weighted by Crippen LogP contribution is -2.15. The van der Waals surface area contributed by atoms with Crippen molar-refractivity contribution in [2.24, 2.45) is 0 Å². The Bertz CT molecular complexity index is 498. The summed E-state index contributed by atoms with van der Waals surface area (Å²) in [5.41, 5.74) is 4.25. The summed E-state index contributed by atoms with van der Waals surface area (Å²) in [6, 6.07) is 4.39. The van der Waals surface area contributed by atoms with Gasteiger partial charge in [0.05, 0.1) is 6.04 Å². The molecular weight excluding hydrogens is 200 g/mol. The predicted octanol–water partition coefficient (Wildman–Crippen LogP) is 3.12. The minimum Gasteiger partial charge on any atom is -0.439 e. The number of aromatic nitrogens is 1. The van der Waals surface area contributed by atoms with Crippen LogP contribution >= 0.6 is 0 Å². The highest BCUT2D eigenvalue weighted by molar-refractivity contribution is 5.77. The smallest absolute Gasteiger partial charge is 0.212 e. The van der Waals surface area contributed by atoms with E-state index in [4.69, 9.17) is 4.42 Å². The molecule has 0 fully saturated rings. The minimum absolute atomic E-state index is 0.201. The number of rotatable bonds is 3. The van der Waals surface area contributed by atoms with Gasteiger partial charge >= 0.3 is 0 Å². The van der Waals surface area contributed by atoms with Gasteiger partial charge in [-0.05, 0) is 44.5 Å². The van der Waals surface area contributed by atoms with Gasteiger partial charge in [0.2, 0.25) is 5.89 Å². The highest BCUT2D eigenvalue weighted by atomic mass is 16.3. The first kappa shape index (κ1) is 11.1. The number of hydrogen-bond acceptors (Lipinski definition) is 3. The van der Waals surface area contributed by atoms with Gasteiger partial charge in [0, 0.05) is 0 Å². The van der Waals surface area contributed by atoms with Crippen molar-refractivity contribution in [3.63, 3.8) is 0 Å². The molecule has 0 aliphatic rings. The third-order valence-corrected chi connectivity index (χ3v) is 2.89. The molecule has 0 bridgehead atoms. The molecule has 3 heteroatoms. The summed E-state index contributed by atoms with van der Waals surface area (Å²) in [6.45, 7) is 6.26. The summed E-state index contributed by atoms with van der Waals surface area (Å²) in [5, 5.41) is 3.21. The summed E-state index contributed by atoms with van der Waals surface area (Å²) in [4.78, 5) is 4.55. The van der Waals surface area contributed by atoms with Gasteiger partial charge in [-0.1, -0.05) is 13.0 Å². The summed E-state index contributed by atoms with van der Waals surface area (Å²) in [5.74, 6) is 0.786. The Morgan fingerprint density at radius 1 is 1.38 bits per heavy atom. The van der Waals surface area contributed by atoms with Gasteiger partial charge in [0.15, 0.2) is 5.58 Å². The van der Waals surface area contributed by atoms with Crippen molar-refractivity contribution >= 4 is 11.1 Å². The van der Waals surface area contributed by atoms with Gasteiger partial charge in [-0.25, -0.2) is 4.98 Å². The van der Waals surface area contributed by atoms with Crippen molar-refractivity contribution < 1.29 is 4.42 Å². The zero-order chi connectivity index (χ0) is 11.7. The van der Waals surface area contributed by atoms with Crippen molar-refractivity contribution in [1.82, 2.24) is 10.3 Å². The maximum atomic E-state index is 5.82. The third kappa shape index (κ3) is 1.83. The maximum Gasteiger partial charge on any atom is 0.212 e. The van der Waals surface area contributed by atoms with E-state index in [0.29, 0.717) is 0 Å². The van der Waals surface area contributed by atoms with Crippen molar-refractivity contribution in [3.05, 3.63) is 29.2 Å². The second kappa shape index (κ2) is 4.26. The van der Waals surface area contributed by atoms with Crippen LogP contribution in [0.15, 0.2) is 16.5 Å². The average Bonchev–Trinajstić information content (AvgIpc) is 2.63. The summed E-state index contributed by atoms with van der Waals surface area (Å²) in [7, 11) is 1.93. The van der Waals surface area contributed by atoms with Crippen LogP contribution in [0.5, 0.6) is 0 Å². The van der Waals surface area contributed by atoms with Gasteiger partial charge in [-0.15, -0.1) is 0 Å². The van der Waals surface area contributed by atoms with Crippen molar-refractivity contribution in [3.8, 4) is 0 Å². The second-order valence-corrected chi connectivity index (χ2v) is 4.23. The van der Waals surface area contributed by atoms with Crippen LogP contribution in [0.1, 0.15) is 36.4 Å². The van der Waals surface area contributed by atoms with Crippen molar-refractivity contribution in [1.29, 1.82) is 0 Å². The molecule has 0 saturated heterocycles. The fraction of sp³-hybridized carbons (Fsp3) is 0.462. The molecule has 1 atom stereocenters. The van der Waals surface area contributed by atoms with Gasteiger partial charge in [-0.3, -0.25) is 0 Å². The first-order valence-electron chi connectivity index (χ1n) is 5.70. The molecule has 16 heavy (non-hydrogen) atoms. The van der Waals surface area contributed by atoms with E-state index in [1.807, 2.05) is 7.05 Å². The molecule has 0 aliphatic heterocycles. The Labute approximate surface area is 95.9 Å². The topological polar surface area (TPSA) is 38.1 Å². The molecule has 1 aromatic heterocycles. The number of aryl methyl sites for hydroxylation is 2. The van der Waals surface area contributed by atoms with E-state index in [0.717, 1.165) is 29.0 Å². The SMILES string of the molecule is CCC(NC)c1nc2cc(C)cc(C)c2o1. The van der Waals surface area contributed by atoms with Gasteiger partial charge in [-0.2, -0.15) is 0 Å². The van der Waals surface area contributed by atoms with Crippen LogP contribution in [0.2, 0.25) is 0 Å². The molecule has 1 heterocycles. The Kier molecular flexibility index (Phi) is 2.97. The molecule has 0 radical (unpaired) electrons. The molecule has 3 nitrogen and oxygen atoms in total. The number of fused-ring (bicyclic) bond motifs is 1. The number of hydrogen-bond donors (Lipinski definition) is 1. The molecule has 0 aliphatic carbocycles. The second-order valence-electron chi connectivity index (χ2n) is 4.23. The quantitative estimate of drug-likeness (QED) is 0.860. The zero-order valence-corrected chi connectivity index (χ0v) is 10.3. The number of nitrogens with one attached hydrogen (secondary N) is 1. The van der Waals surface area contributed by atoms with E-state index in [1.165, 1.54) is 5.56 Å². The standard InChI is InChI=1S/C13H18N2O/c1-5-10(14-4)13-15-11-7-8(2)6-9(3)12(11)16-13/h6-7,10,14H,5H2,1-4H3. The predicted molar refractivity (Wildman–Crippen MR) is 65.6 cm³/mol. The Hall–Kier alpha value is -1.35. The molecule has 1 N–H and O–H groups in total. The Balaban J connectivity index is 2.55. The van der Waals surface area contributed by atoms with E-state index < -0.39 is 0 Å². The molecule has 1 aromatic carbocycles. The average molecular weight is 218 g/mol. The highest BCUT2D eigenvalue weighted by Gasteiger charge is 2.15. The van der Waals surface area contributed by atoms with E-state index in [1.54, 1.807) is 0 Å². The lowest BCUT2D eigenvalue weighted by molar-refractivity contribution is 0.426. The molecule has 0 saturated carbocycles. The summed E-state index contributed by atoms with van der Waals surface area (Å²) in [6.07, 6.45) is 0.974. The number of benzene rings is 1. The van der Waals surface area contributed by atoms with Crippen LogP contribution < -0.4 is 5.32 Å². The van der Waals surface area contributed by atoms with Crippen LogP contribution in [0, 0.1) is 13.8 Å². The van der Waals surface area contributed by atoms with Crippen LogP contribution in [-0.4, -0.2) is 12.0 Å². The normalized spacial score (nSPS) is 13.2. The molecule has 0 spiro atoms. The van der Waals surface area contributed by atoms with Crippen LogP contribution in [0.25, 0.3) is 11.1 Å². The van der Waals surface area contributed by atoms with Crippen molar-refractivity contribution in [2.75, 3.05) is 7.05 Å². The summed E-state index contributed by atoms with van der Waals surface area (Å²) < 4.78 is 5.82. The zero-order valence-electron chi connectivity index (χ0n) is 10.3. The van der Waals surface area contributed by atoms with Crippen LogP contribution in [0.3, 0.4) is 0 Å². The molecule has 2 aromatic rings. The summed E-state index contributed by atoms with van der Waals surface area (Å²) >= 11 is 0. The first-order valence-corrected chi connectivity index (χ1v) is 5.70. The van der Waals surface area contributed by atoms with Crippen molar-refractivity contribution in [2.45, 2.75) is 33.2 Å².